The monoisotopic (exact) mass is 334 g/mol. The van der Waals surface area contributed by atoms with Gasteiger partial charge in [0.15, 0.2) is 0 Å². The summed E-state index contributed by atoms with van der Waals surface area (Å²) < 4.78 is 6.89. The Hall–Kier alpha value is -1.36. The van der Waals surface area contributed by atoms with Gasteiger partial charge in [-0.25, -0.2) is 0 Å². The molecule has 0 radical (unpaired) electrons. The summed E-state index contributed by atoms with van der Waals surface area (Å²) in [5, 5.41) is 12.3. The second-order valence-corrected chi connectivity index (χ2v) is 5.93. The molecule has 2 heterocycles. The van der Waals surface area contributed by atoms with E-state index in [2.05, 4.69) is 15.9 Å². The van der Waals surface area contributed by atoms with Crippen LogP contribution >= 0.6 is 27.3 Å². The standard InChI is InChI=1S/C15H11BrO2S/c16-11-3-4-13-10(8-11)9-14(18-13)12(5-6-17)15-2-1-7-19-15/h1-5,7-9,17H,6H2. The van der Waals surface area contributed by atoms with Crippen LogP contribution in [-0.4, -0.2) is 11.7 Å². The molecule has 3 aromatic rings. The van der Waals surface area contributed by atoms with Crippen molar-refractivity contribution in [3.8, 4) is 0 Å². The lowest BCUT2D eigenvalue weighted by atomic mass is 10.1. The SMILES string of the molecule is OCC=C(c1cc2cc(Br)ccc2o1)c1cccs1. The fourth-order valence-corrected chi connectivity index (χ4v) is 3.14. The van der Waals surface area contributed by atoms with E-state index in [0.29, 0.717) is 0 Å². The van der Waals surface area contributed by atoms with Crippen LogP contribution in [0, 0.1) is 0 Å². The fourth-order valence-electron chi connectivity index (χ4n) is 1.99. The van der Waals surface area contributed by atoms with Crippen molar-refractivity contribution in [2.24, 2.45) is 0 Å². The maximum atomic E-state index is 9.19. The molecule has 0 spiro atoms. The smallest absolute Gasteiger partial charge is 0.136 e. The van der Waals surface area contributed by atoms with E-state index >= 15 is 0 Å². The number of fused-ring (bicyclic) bond motifs is 1. The molecule has 96 valence electrons. The van der Waals surface area contributed by atoms with E-state index in [1.807, 2.05) is 41.8 Å². The first-order chi connectivity index (χ1) is 9.28. The number of halogens is 1. The molecule has 0 amide bonds. The predicted octanol–water partition coefficient (Wildman–Crippen LogP) is 4.68. The van der Waals surface area contributed by atoms with Crippen LogP contribution in [0.25, 0.3) is 16.5 Å². The molecule has 0 bridgehead atoms. The summed E-state index contributed by atoms with van der Waals surface area (Å²) in [6.45, 7) is -0.00598. The molecule has 3 rings (SSSR count). The van der Waals surface area contributed by atoms with Crippen LogP contribution in [0.15, 0.2) is 56.7 Å². The molecule has 1 aromatic carbocycles. The van der Waals surface area contributed by atoms with E-state index < -0.39 is 0 Å². The zero-order valence-corrected chi connectivity index (χ0v) is 12.4. The van der Waals surface area contributed by atoms with Crippen molar-refractivity contribution in [1.29, 1.82) is 0 Å². The van der Waals surface area contributed by atoms with Gasteiger partial charge in [0.25, 0.3) is 0 Å². The summed E-state index contributed by atoms with van der Waals surface area (Å²) in [6, 6.07) is 11.9. The van der Waals surface area contributed by atoms with Gasteiger partial charge in [0.2, 0.25) is 0 Å². The molecule has 0 aliphatic carbocycles. The van der Waals surface area contributed by atoms with Crippen molar-refractivity contribution in [1.82, 2.24) is 0 Å². The zero-order valence-electron chi connectivity index (χ0n) is 9.97. The van der Waals surface area contributed by atoms with Gasteiger partial charge in [-0.15, -0.1) is 11.3 Å². The van der Waals surface area contributed by atoms with Gasteiger partial charge in [-0.1, -0.05) is 22.0 Å². The Labute approximate surface area is 123 Å². The van der Waals surface area contributed by atoms with Gasteiger partial charge in [0.05, 0.1) is 6.61 Å². The quantitative estimate of drug-likeness (QED) is 0.754. The van der Waals surface area contributed by atoms with Crippen LogP contribution in [0.4, 0.5) is 0 Å². The Bertz CT molecular complexity index is 726. The molecule has 0 saturated heterocycles. The van der Waals surface area contributed by atoms with Gasteiger partial charge in [-0.2, -0.15) is 0 Å². The van der Waals surface area contributed by atoms with Crippen LogP contribution in [0.3, 0.4) is 0 Å². The Morgan fingerprint density at radius 3 is 2.95 bits per heavy atom. The number of furan rings is 1. The molecule has 0 saturated carbocycles. The third-order valence-corrected chi connectivity index (χ3v) is 4.22. The molecule has 4 heteroatoms. The van der Waals surface area contributed by atoms with Crippen molar-refractivity contribution in [3.05, 3.63) is 63.0 Å². The van der Waals surface area contributed by atoms with Gasteiger partial charge in [0.1, 0.15) is 11.3 Å². The van der Waals surface area contributed by atoms with E-state index in [4.69, 9.17) is 4.42 Å². The van der Waals surface area contributed by atoms with Crippen LogP contribution in [0.2, 0.25) is 0 Å². The molecule has 19 heavy (non-hydrogen) atoms. The summed E-state index contributed by atoms with van der Waals surface area (Å²) in [5.41, 5.74) is 1.78. The first-order valence-corrected chi connectivity index (χ1v) is 7.49. The van der Waals surface area contributed by atoms with E-state index in [0.717, 1.165) is 31.7 Å². The van der Waals surface area contributed by atoms with E-state index in [9.17, 15) is 5.11 Å². The first kappa shape index (κ1) is 12.7. The fraction of sp³-hybridized carbons (Fsp3) is 0.0667. The van der Waals surface area contributed by atoms with E-state index in [1.165, 1.54) is 0 Å². The summed E-state index contributed by atoms with van der Waals surface area (Å²) in [7, 11) is 0. The van der Waals surface area contributed by atoms with Gasteiger partial charge >= 0.3 is 0 Å². The molecule has 1 N–H and O–H groups in total. The highest BCUT2D eigenvalue weighted by Crippen LogP contribution is 2.32. The van der Waals surface area contributed by atoms with Gasteiger partial charge in [-0.05, 0) is 41.8 Å². The number of thiophene rings is 1. The highest BCUT2D eigenvalue weighted by molar-refractivity contribution is 9.10. The zero-order chi connectivity index (χ0) is 13.2. The molecular weight excluding hydrogens is 324 g/mol. The topological polar surface area (TPSA) is 33.4 Å². The average Bonchev–Trinajstić information content (AvgIpc) is 3.04. The van der Waals surface area contributed by atoms with E-state index in [-0.39, 0.29) is 6.61 Å². The molecular formula is C15H11BrO2S. The number of benzene rings is 1. The Kier molecular flexibility index (Phi) is 3.55. The summed E-state index contributed by atoms with van der Waals surface area (Å²) in [4.78, 5) is 1.09. The summed E-state index contributed by atoms with van der Waals surface area (Å²) in [5.74, 6) is 0.782. The molecule has 0 fully saturated rings. The minimum absolute atomic E-state index is 0.00598. The van der Waals surface area contributed by atoms with Crippen molar-refractivity contribution in [2.75, 3.05) is 6.61 Å². The minimum Gasteiger partial charge on any atom is -0.456 e. The van der Waals surface area contributed by atoms with Crippen molar-refractivity contribution >= 4 is 43.8 Å². The van der Waals surface area contributed by atoms with Crippen LogP contribution < -0.4 is 0 Å². The van der Waals surface area contributed by atoms with Crippen LogP contribution in [-0.2, 0) is 0 Å². The van der Waals surface area contributed by atoms with Gasteiger partial charge in [-0.3, -0.25) is 0 Å². The minimum atomic E-state index is -0.00598. The molecule has 0 atom stereocenters. The molecule has 2 aromatic heterocycles. The second-order valence-electron chi connectivity index (χ2n) is 4.07. The number of hydrogen-bond acceptors (Lipinski definition) is 3. The maximum Gasteiger partial charge on any atom is 0.136 e. The Balaban J connectivity index is 2.13. The normalized spacial score (nSPS) is 12.2. The molecule has 0 aliphatic heterocycles. The molecule has 0 aliphatic rings. The maximum absolute atomic E-state index is 9.19. The second kappa shape index (κ2) is 5.33. The molecule has 2 nitrogen and oxygen atoms in total. The summed E-state index contributed by atoms with van der Waals surface area (Å²) in [6.07, 6.45) is 1.78. The lowest BCUT2D eigenvalue weighted by Gasteiger charge is -2.00. The number of rotatable bonds is 3. The first-order valence-electron chi connectivity index (χ1n) is 5.82. The number of aliphatic hydroxyl groups is 1. The average molecular weight is 335 g/mol. The largest absolute Gasteiger partial charge is 0.456 e. The van der Waals surface area contributed by atoms with Crippen molar-refractivity contribution in [3.63, 3.8) is 0 Å². The van der Waals surface area contributed by atoms with Gasteiger partial charge in [0, 0.05) is 20.3 Å². The van der Waals surface area contributed by atoms with Crippen LogP contribution in [0.5, 0.6) is 0 Å². The number of hydrogen-bond donors (Lipinski definition) is 1. The lowest BCUT2D eigenvalue weighted by Crippen LogP contribution is -1.84. The summed E-state index contributed by atoms with van der Waals surface area (Å²) >= 11 is 5.08. The lowest BCUT2D eigenvalue weighted by molar-refractivity contribution is 0.343. The van der Waals surface area contributed by atoms with Crippen LogP contribution in [0.1, 0.15) is 10.6 Å². The highest BCUT2D eigenvalue weighted by Gasteiger charge is 2.11. The third kappa shape index (κ3) is 2.52. The molecule has 0 unspecified atom stereocenters. The predicted molar refractivity (Wildman–Crippen MR) is 82.4 cm³/mol. The van der Waals surface area contributed by atoms with Crippen molar-refractivity contribution in [2.45, 2.75) is 0 Å². The highest BCUT2D eigenvalue weighted by atomic mass is 79.9. The number of aliphatic hydroxyl groups excluding tert-OH is 1. The Morgan fingerprint density at radius 2 is 2.21 bits per heavy atom. The van der Waals surface area contributed by atoms with Crippen molar-refractivity contribution < 1.29 is 9.52 Å². The van der Waals surface area contributed by atoms with Gasteiger partial charge < -0.3 is 9.52 Å². The van der Waals surface area contributed by atoms with E-state index in [1.54, 1.807) is 17.4 Å². The third-order valence-electron chi connectivity index (χ3n) is 2.83. The Morgan fingerprint density at radius 1 is 1.32 bits per heavy atom.